The summed E-state index contributed by atoms with van der Waals surface area (Å²) >= 11 is 0. The summed E-state index contributed by atoms with van der Waals surface area (Å²) in [5, 5.41) is 45.5. The van der Waals surface area contributed by atoms with Gasteiger partial charge in [0.15, 0.2) is 0 Å². The zero-order chi connectivity index (χ0) is 27.2. The smallest absolute Gasteiger partial charge is 0.348 e. The van der Waals surface area contributed by atoms with Crippen LogP contribution in [0.25, 0.3) is 0 Å². The molecule has 4 N–H and O–H groups in total. The van der Waals surface area contributed by atoms with E-state index < -0.39 is 88.7 Å². The predicted molar refractivity (Wildman–Crippen MR) is 123 cm³/mol. The Morgan fingerprint density at radius 2 is 1.78 bits per heavy atom. The van der Waals surface area contributed by atoms with E-state index in [9.17, 15) is 34.8 Å². The van der Waals surface area contributed by atoms with Crippen LogP contribution in [0.1, 0.15) is 34.1 Å². The normalized spacial score (nSPS) is 49.6. The number of hydrogen-bond acceptors (Lipinski definition) is 11. The number of esters is 3. The number of rotatable bonds is 3. The van der Waals surface area contributed by atoms with Gasteiger partial charge in [-0.2, -0.15) is 0 Å². The number of aliphatic hydroxyl groups excluding tert-OH is 4. The Morgan fingerprint density at radius 3 is 2.41 bits per heavy atom. The lowest BCUT2D eigenvalue weighted by atomic mass is 9.34. The van der Waals surface area contributed by atoms with E-state index >= 15 is 0 Å². The van der Waals surface area contributed by atoms with E-state index in [1.165, 1.54) is 12.2 Å². The number of carbonyl (C=O) groups excluding carboxylic acids is 3. The number of ether oxygens (including phenoxy) is 4. The molecular formula is C26H34O11. The van der Waals surface area contributed by atoms with Gasteiger partial charge in [-0.1, -0.05) is 24.1 Å². The third-order valence-electron chi connectivity index (χ3n) is 9.79. The predicted octanol–water partition coefficient (Wildman–Crippen LogP) is -0.606. The topological polar surface area (TPSA) is 169 Å². The van der Waals surface area contributed by atoms with Gasteiger partial charge in [0.25, 0.3) is 0 Å². The van der Waals surface area contributed by atoms with Crippen molar-refractivity contribution in [1.29, 1.82) is 0 Å². The number of allylic oxidation sites excluding steroid dienone is 2. The van der Waals surface area contributed by atoms with Gasteiger partial charge in [0, 0.05) is 22.8 Å². The van der Waals surface area contributed by atoms with E-state index in [-0.39, 0.29) is 13.0 Å². The maximum absolute atomic E-state index is 13.3. The minimum atomic E-state index is -2.24. The van der Waals surface area contributed by atoms with E-state index in [1.54, 1.807) is 27.7 Å². The Balaban J connectivity index is 1.75. The number of fused-ring (bicyclic) bond motifs is 3. The molecule has 6 rings (SSSR count). The van der Waals surface area contributed by atoms with Crippen molar-refractivity contribution in [3.8, 4) is 0 Å². The number of hydrogen-bond donors (Lipinski definition) is 4. The van der Waals surface area contributed by atoms with Crippen LogP contribution in [0.3, 0.4) is 0 Å². The molecule has 3 aliphatic carbocycles. The summed E-state index contributed by atoms with van der Waals surface area (Å²) in [6, 6.07) is 0. The fourth-order valence-corrected chi connectivity index (χ4v) is 8.30. The van der Waals surface area contributed by atoms with Crippen molar-refractivity contribution in [3.05, 3.63) is 23.3 Å². The molecule has 3 saturated heterocycles. The summed E-state index contributed by atoms with van der Waals surface area (Å²) in [6.07, 6.45) is -5.72. The number of methoxy groups -OCH3 is 1. The third kappa shape index (κ3) is 3.03. The standard InChI is InChI=1S/C26H34O11/c1-10(2)6-15(28)37-18-17-16-14(36-22(18)32)8-12-11(3)7-13(27)19(29)24(12,4)25(16)9-35-26(17,23(33)34-5)21(31)20(25)30/h6-7,12-14,16-21,27,29-31H,8-9H2,1-5H3/t12-,13-,14+,16?,17-,18+,19+,20-,21-,24+,25-,26-/m0/s1. The van der Waals surface area contributed by atoms with Crippen molar-refractivity contribution < 1.29 is 53.8 Å². The van der Waals surface area contributed by atoms with Crippen molar-refractivity contribution in [2.75, 3.05) is 13.7 Å². The molecule has 3 aliphatic heterocycles. The van der Waals surface area contributed by atoms with Gasteiger partial charge >= 0.3 is 17.9 Å². The van der Waals surface area contributed by atoms with Crippen molar-refractivity contribution >= 4 is 17.9 Å². The molecule has 2 bridgehead atoms. The average molecular weight is 523 g/mol. The first-order chi connectivity index (χ1) is 17.3. The monoisotopic (exact) mass is 522 g/mol. The zero-order valence-electron chi connectivity index (χ0n) is 21.4. The summed E-state index contributed by atoms with van der Waals surface area (Å²) < 4.78 is 22.5. The Hall–Kier alpha value is -2.31. The minimum absolute atomic E-state index is 0.228. The van der Waals surface area contributed by atoms with Crippen LogP contribution in [0.5, 0.6) is 0 Å². The van der Waals surface area contributed by atoms with E-state index in [0.717, 1.165) is 12.7 Å². The molecule has 0 aromatic heterocycles. The molecule has 1 unspecified atom stereocenters. The molecule has 2 saturated carbocycles. The molecule has 0 aromatic carbocycles. The van der Waals surface area contributed by atoms with Gasteiger partial charge in [-0.15, -0.1) is 0 Å². The van der Waals surface area contributed by atoms with Crippen LogP contribution in [-0.4, -0.2) is 94.3 Å². The van der Waals surface area contributed by atoms with Crippen molar-refractivity contribution in [2.45, 2.75) is 76.3 Å². The van der Waals surface area contributed by atoms with Crippen LogP contribution in [-0.2, 0) is 33.3 Å². The van der Waals surface area contributed by atoms with Crippen LogP contribution in [0.15, 0.2) is 23.3 Å². The molecule has 204 valence electrons. The second-order valence-electron chi connectivity index (χ2n) is 11.5. The quantitative estimate of drug-likeness (QED) is 0.161. The Labute approximate surface area is 214 Å². The highest BCUT2D eigenvalue weighted by atomic mass is 16.6. The maximum Gasteiger partial charge on any atom is 0.348 e. The van der Waals surface area contributed by atoms with E-state index in [0.29, 0.717) is 5.57 Å². The first-order valence-electron chi connectivity index (χ1n) is 12.5. The van der Waals surface area contributed by atoms with E-state index in [1.807, 2.05) is 0 Å². The molecular weight excluding hydrogens is 488 g/mol. The van der Waals surface area contributed by atoms with Crippen LogP contribution in [0.2, 0.25) is 0 Å². The number of aliphatic hydroxyl groups is 4. The highest BCUT2D eigenvalue weighted by Gasteiger charge is 2.85. The van der Waals surface area contributed by atoms with Gasteiger partial charge in [0.1, 0.15) is 12.2 Å². The number of carbonyl (C=O) groups is 3. The van der Waals surface area contributed by atoms with Gasteiger partial charge in [-0.25, -0.2) is 14.4 Å². The molecule has 12 atom stereocenters. The summed E-state index contributed by atoms with van der Waals surface area (Å²) in [6.45, 7) is 6.54. The molecule has 11 nitrogen and oxygen atoms in total. The molecule has 0 amide bonds. The Morgan fingerprint density at radius 1 is 1.11 bits per heavy atom. The van der Waals surface area contributed by atoms with Gasteiger partial charge in [-0.3, -0.25) is 0 Å². The minimum Gasteiger partial charge on any atom is -0.467 e. The van der Waals surface area contributed by atoms with E-state index in [2.05, 4.69) is 0 Å². The fourth-order valence-electron chi connectivity index (χ4n) is 8.30. The maximum atomic E-state index is 13.3. The van der Waals surface area contributed by atoms with Gasteiger partial charge in [0.2, 0.25) is 11.7 Å². The van der Waals surface area contributed by atoms with Crippen molar-refractivity contribution in [2.24, 2.45) is 28.6 Å². The molecule has 1 spiro atoms. The van der Waals surface area contributed by atoms with Crippen LogP contribution < -0.4 is 0 Å². The van der Waals surface area contributed by atoms with Crippen LogP contribution in [0.4, 0.5) is 0 Å². The SMILES string of the molecule is COC(=O)[C@]12OC[C@]3(C4[C@@H](C[C@H]5C(C)=C[C@H](O)[C@@H](O)[C@@]53C)OC(=O)[C@H](OC(=O)C=C(C)C)[C@H]41)[C@@H](O)[C@@H]2O. The highest BCUT2D eigenvalue weighted by molar-refractivity contribution is 5.89. The summed E-state index contributed by atoms with van der Waals surface area (Å²) in [5.41, 5.74) is -3.65. The van der Waals surface area contributed by atoms with Gasteiger partial charge in [0.05, 0.1) is 37.9 Å². The molecule has 0 aromatic rings. The highest BCUT2D eigenvalue weighted by Crippen LogP contribution is 2.73. The molecule has 0 radical (unpaired) electrons. The second kappa shape index (κ2) is 8.34. The van der Waals surface area contributed by atoms with Gasteiger partial charge in [-0.05, 0) is 33.1 Å². The van der Waals surface area contributed by atoms with Crippen LogP contribution in [0, 0.1) is 28.6 Å². The lowest BCUT2D eigenvalue weighted by Crippen LogP contribution is -2.88. The van der Waals surface area contributed by atoms with Crippen molar-refractivity contribution in [3.63, 3.8) is 0 Å². The molecule has 5 fully saturated rings. The fraction of sp³-hybridized carbons (Fsp3) is 0.731. The first-order valence-corrected chi connectivity index (χ1v) is 12.5. The summed E-state index contributed by atoms with van der Waals surface area (Å²) in [5.74, 6) is -5.41. The lowest BCUT2D eigenvalue weighted by Gasteiger charge is -2.75. The van der Waals surface area contributed by atoms with E-state index in [4.69, 9.17) is 18.9 Å². The molecule has 3 heterocycles. The Kier molecular flexibility index (Phi) is 5.93. The first kappa shape index (κ1) is 26.3. The zero-order valence-corrected chi connectivity index (χ0v) is 21.4. The van der Waals surface area contributed by atoms with Crippen molar-refractivity contribution in [1.82, 2.24) is 0 Å². The molecule has 37 heavy (non-hydrogen) atoms. The Bertz CT molecular complexity index is 1090. The lowest BCUT2D eigenvalue weighted by molar-refractivity contribution is -0.404. The van der Waals surface area contributed by atoms with Crippen LogP contribution >= 0.6 is 0 Å². The summed E-state index contributed by atoms with van der Waals surface area (Å²) in [7, 11) is 1.09. The average Bonchev–Trinajstić information content (AvgIpc) is 2.83. The summed E-state index contributed by atoms with van der Waals surface area (Å²) in [4.78, 5) is 39.3. The largest absolute Gasteiger partial charge is 0.467 e. The van der Waals surface area contributed by atoms with Gasteiger partial charge < -0.3 is 39.4 Å². The molecule has 11 heteroatoms. The molecule has 6 aliphatic rings. The third-order valence-corrected chi connectivity index (χ3v) is 9.79. The second-order valence-corrected chi connectivity index (χ2v) is 11.5.